The Morgan fingerprint density at radius 1 is 1.39 bits per heavy atom. The second kappa shape index (κ2) is 9.68. The fourth-order valence-corrected chi connectivity index (χ4v) is 1.96. The molecule has 0 bridgehead atoms. The minimum Gasteiger partial charge on any atom is -0.481 e. The van der Waals surface area contributed by atoms with E-state index in [0.717, 1.165) is 19.3 Å². The Morgan fingerprint density at radius 2 is 2.06 bits per heavy atom. The number of nitrogens with one attached hydrogen (secondary N) is 1. The van der Waals surface area contributed by atoms with Crippen LogP contribution in [0.25, 0.3) is 0 Å². The van der Waals surface area contributed by atoms with Gasteiger partial charge in [0.2, 0.25) is 5.91 Å². The normalized spacial score (nSPS) is 13.7. The quantitative estimate of drug-likeness (QED) is 0.466. The van der Waals surface area contributed by atoms with Crippen LogP contribution < -0.4 is 5.32 Å². The minimum atomic E-state index is -0.796. The molecule has 0 fully saturated rings. The summed E-state index contributed by atoms with van der Waals surface area (Å²) in [6, 6.07) is 0. The van der Waals surface area contributed by atoms with Crippen molar-refractivity contribution in [3.63, 3.8) is 0 Å². The molecule has 0 spiro atoms. The largest absolute Gasteiger partial charge is 0.481 e. The van der Waals surface area contributed by atoms with Crippen LogP contribution in [0.3, 0.4) is 0 Å². The monoisotopic (exact) mass is 255 g/mol. The van der Waals surface area contributed by atoms with Gasteiger partial charge in [0.15, 0.2) is 0 Å². The Labute approximate surface area is 109 Å². The number of unbranched alkanes of at least 4 members (excludes halogenated alkanes) is 2. The minimum absolute atomic E-state index is 0.107. The Hall–Kier alpha value is -1.32. The van der Waals surface area contributed by atoms with E-state index >= 15 is 0 Å². The van der Waals surface area contributed by atoms with Crippen molar-refractivity contribution in [1.82, 2.24) is 5.32 Å². The lowest BCUT2D eigenvalue weighted by atomic mass is 9.86. The summed E-state index contributed by atoms with van der Waals surface area (Å²) >= 11 is 0. The molecule has 0 aromatic rings. The van der Waals surface area contributed by atoms with Gasteiger partial charge in [0.05, 0.1) is 5.92 Å². The molecule has 0 saturated heterocycles. The highest BCUT2D eigenvalue weighted by Crippen LogP contribution is 2.22. The molecule has 104 valence electrons. The topological polar surface area (TPSA) is 66.4 Å². The van der Waals surface area contributed by atoms with Gasteiger partial charge >= 0.3 is 5.97 Å². The molecule has 0 aromatic heterocycles. The van der Waals surface area contributed by atoms with Crippen molar-refractivity contribution in [2.45, 2.75) is 46.0 Å². The first-order valence-electron chi connectivity index (χ1n) is 6.63. The van der Waals surface area contributed by atoms with Crippen molar-refractivity contribution in [2.24, 2.45) is 11.8 Å². The lowest BCUT2D eigenvalue weighted by Gasteiger charge is -2.19. The molecule has 18 heavy (non-hydrogen) atoms. The summed E-state index contributed by atoms with van der Waals surface area (Å²) in [4.78, 5) is 22.7. The number of carbonyl (C=O) groups is 2. The molecule has 0 aliphatic heterocycles. The van der Waals surface area contributed by atoms with Gasteiger partial charge in [-0.3, -0.25) is 9.59 Å². The number of hydrogen-bond donors (Lipinski definition) is 2. The van der Waals surface area contributed by atoms with E-state index in [1.165, 1.54) is 0 Å². The van der Waals surface area contributed by atoms with Crippen LogP contribution in [0.15, 0.2) is 12.7 Å². The van der Waals surface area contributed by atoms with Gasteiger partial charge in [-0.15, -0.1) is 6.58 Å². The average molecular weight is 255 g/mol. The zero-order valence-corrected chi connectivity index (χ0v) is 11.4. The summed E-state index contributed by atoms with van der Waals surface area (Å²) in [6.07, 6.45) is 5.54. The molecule has 0 aromatic carbocycles. The highest BCUT2D eigenvalue weighted by molar-refractivity contribution is 5.77. The van der Waals surface area contributed by atoms with E-state index in [1.807, 2.05) is 6.92 Å². The summed E-state index contributed by atoms with van der Waals surface area (Å²) in [6.45, 7) is 7.86. The number of carbonyl (C=O) groups excluding carboxylic acids is 1. The first-order valence-corrected chi connectivity index (χ1v) is 6.63. The molecular weight excluding hydrogens is 230 g/mol. The molecule has 0 heterocycles. The van der Waals surface area contributed by atoms with Gasteiger partial charge in [0, 0.05) is 13.0 Å². The summed E-state index contributed by atoms with van der Waals surface area (Å²) < 4.78 is 0. The van der Waals surface area contributed by atoms with E-state index in [9.17, 15) is 14.7 Å². The van der Waals surface area contributed by atoms with Crippen molar-refractivity contribution >= 4 is 11.9 Å². The maximum absolute atomic E-state index is 11.5. The van der Waals surface area contributed by atoms with Crippen LogP contribution in [0, 0.1) is 11.8 Å². The van der Waals surface area contributed by atoms with E-state index in [0.29, 0.717) is 13.0 Å². The molecule has 0 unspecified atom stereocenters. The Bertz CT molecular complexity index is 276. The number of carboxylic acids is 1. The van der Waals surface area contributed by atoms with Crippen LogP contribution >= 0.6 is 0 Å². The highest BCUT2D eigenvalue weighted by atomic mass is 16.4. The predicted molar refractivity (Wildman–Crippen MR) is 72.3 cm³/mol. The third-order valence-corrected chi connectivity index (χ3v) is 3.07. The Morgan fingerprint density at radius 3 is 2.56 bits per heavy atom. The van der Waals surface area contributed by atoms with Crippen LogP contribution in [0.1, 0.15) is 46.0 Å². The molecule has 0 aliphatic carbocycles. The fourth-order valence-electron chi connectivity index (χ4n) is 1.96. The lowest BCUT2D eigenvalue weighted by Crippen LogP contribution is -2.29. The summed E-state index contributed by atoms with van der Waals surface area (Å²) in [5.41, 5.74) is 0. The number of aliphatic carboxylic acids is 1. The number of rotatable bonds is 10. The molecule has 1 amide bonds. The summed E-state index contributed by atoms with van der Waals surface area (Å²) in [5.74, 6) is -1.46. The maximum atomic E-state index is 11.5. The smallest absolute Gasteiger partial charge is 0.306 e. The predicted octanol–water partition coefficient (Wildman–Crippen LogP) is 2.60. The van der Waals surface area contributed by atoms with E-state index < -0.39 is 11.9 Å². The van der Waals surface area contributed by atoms with E-state index in [4.69, 9.17) is 0 Å². The number of amides is 1. The number of carboxylic acid groups (broad SMARTS) is 1. The Balaban J connectivity index is 4.20. The number of hydrogen-bond acceptors (Lipinski definition) is 2. The molecule has 0 aliphatic rings. The van der Waals surface area contributed by atoms with Crippen molar-refractivity contribution in [2.75, 3.05) is 6.54 Å². The van der Waals surface area contributed by atoms with Crippen LogP contribution in [-0.4, -0.2) is 23.5 Å². The standard InChI is InChI=1S/C14H25NO3/c1-4-6-7-8-12(14(17)18)11(3)10-13(16)15-9-5-2/h5,11-12H,2,4,6-10H2,1,3H3,(H,15,16)(H,17,18)/t11-,12+/m1/s1. The maximum Gasteiger partial charge on any atom is 0.306 e. The summed E-state index contributed by atoms with van der Waals surface area (Å²) in [5, 5.41) is 11.9. The van der Waals surface area contributed by atoms with Gasteiger partial charge in [-0.25, -0.2) is 0 Å². The van der Waals surface area contributed by atoms with E-state index in [2.05, 4.69) is 18.8 Å². The van der Waals surface area contributed by atoms with Gasteiger partial charge < -0.3 is 10.4 Å². The van der Waals surface area contributed by atoms with Gasteiger partial charge in [0.1, 0.15) is 0 Å². The van der Waals surface area contributed by atoms with Crippen LogP contribution in [-0.2, 0) is 9.59 Å². The first-order chi connectivity index (χ1) is 8.52. The lowest BCUT2D eigenvalue weighted by molar-refractivity contribution is -0.144. The third-order valence-electron chi connectivity index (χ3n) is 3.07. The van der Waals surface area contributed by atoms with Gasteiger partial charge in [0.25, 0.3) is 0 Å². The molecule has 2 atom stereocenters. The van der Waals surface area contributed by atoms with Crippen LogP contribution in [0.4, 0.5) is 0 Å². The van der Waals surface area contributed by atoms with E-state index in [-0.39, 0.29) is 18.2 Å². The molecule has 4 nitrogen and oxygen atoms in total. The van der Waals surface area contributed by atoms with E-state index in [1.54, 1.807) is 6.08 Å². The fraction of sp³-hybridized carbons (Fsp3) is 0.714. The van der Waals surface area contributed by atoms with Crippen molar-refractivity contribution in [3.05, 3.63) is 12.7 Å². The van der Waals surface area contributed by atoms with Crippen molar-refractivity contribution < 1.29 is 14.7 Å². The zero-order chi connectivity index (χ0) is 14.0. The molecule has 0 saturated carbocycles. The molecule has 0 radical (unpaired) electrons. The molecular formula is C14H25NO3. The third kappa shape index (κ3) is 7.09. The average Bonchev–Trinajstić information content (AvgIpc) is 2.31. The van der Waals surface area contributed by atoms with Gasteiger partial charge in [-0.1, -0.05) is 39.2 Å². The first kappa shape index (κ1) is 16.7. The molecule has 2 N–H and O–H groups in total. The summed E-state index contributed by atoms with van der Waals surface area (Å²) in [7, 11) is 0. The second-order valence-corrected chi connectivity index (χ2v) is 4.71. The second-order valence-electron chi connectivity index (χ2n) is 4.71. The molecule has 0 rings (SSSR count). The van der Waals surface area contributed by atoms with Crippen LogP contribution in [0.2, 0.25) is 0 Å². The van der Waals surface area contributed by atoms with Gasteiger partial charge in [-0.2, -0.15) is 0 Å². The zero-order valence-electron chi connectivity index (χ0n) is 11.4. The van der Waals surface area contributed by atoms with Crippen molar-refractivity contribution in [3.8, 4) is 0 Å². The Kier molecular flexibility index (Phi) is 8.97. The molecule has 4 heteroatoms. The van der Waals surface area contributed by atoms with Crippen LogP contribution in [0.5, 0.6) is 0 Å². The van der Waals surface area contributed by atoms with Gasteiger partial charge in [-0.05, 0) is 12.3 Å². The SMILES string of the molecule is C=CCNC(=O)C[C@@H](C)[C@H](CCCCC)C(=O)O. The van der Waals surface area contributed by atoms with Crippen molar-refractivity contribution in [1.29, 1.82) is 0 Å². The highest BCUT2D eigenvalue weighted by Gasteiger charge is 2.25.